The predicted molar refractivity (Wildman–Crippen MR) is 75.3 cm³/mol. The lowest BCUT2D eigenvalue weighted by atomic mass is 10.3. The highest BCUT2D eigenvalue weighted by Gasteiger charge is 2.27. The van der Waals surface area contributed by atoms with Crippen molar-refractivity contribution in [1.82, 2.24) is 20.0 Å². The summed E-state index contributed by atoms with van der Waals surface area (Å²) < 4.78 is 1.80. The monoisotopic (exact) mass is 296 g/mol. The van der Waals surface area contributed by atoms with Crippen molar-refractivity contribution in [3.63, 3.8) is 0 Å². The van der Waals surface area contributed by atoms with E-state index in [4.69, 9.17) is 11.6 Å². The number of likely N-dealkylation sites (tertiary alicyclic amines) is 1. The maximum Gasteiger partial charge on any atom is 0.243 e. The number of nitrogens with one attached hydrogen (secondary N) is 1. The van der Waals surface area contributed by atoms with Crippen LogP contribution in [0.2, 0.25) is 5.02 Å². The fraction of sp³-hybridized carbons (Fsp3) is 0.462. The number of aromatic nitrogens is 2. The highest BCUT2D eigenvalue weighted by molar-refractivity contribution is 6.30. The highest BCUT2D eigenvalue weighted by atomic mass is 35.5. The molecule has 2 heterocycles. The third-order valence-corrected chi connectivity index (χ3v) is 3.48. The van der Waals surface area contributed by atoms with Crippen molar-refractivity contribution in [3.05, 3.63) is 30.1 Å². The summed E-state index contributed by atoms with van der Waals surface area (Å²) in [4.78, 5) is 24.8. The van der Waals surface area contributed by atoms with Crippen LogP contribution in [0.15, 0.2) is 25.0 Å². The normalized spacial score (nSPS) is 18.1. The zero-order valence-electron chi connectivity index (χ0n) is 11.1. The second-order valence-electron chi connectivity index (χ2n) is 4.67. The Labute approximate surface area is 122 Å². The van der Waals surface area contributed by atoms with Crippen LogP contribution in [-0.2, 0) is 9.59 Å². The molecule has 1 aromatic heterocycles. The SMILES string of the molecule is C=CC(=O)NCCC(=O)N1CCC(n2cc(Cl)cn2)C1. The second-order valence-corrected chi connectivity index (χ2v) is 5.10. The van der Waals surface area contributed by atoms with Gasteiger partial charge in [-0.1, -0.05) is 18.2 Å². The molecule has 0 radical (unpaired) electrons. The van der Waals surface area contributed by atoms with E-state index in [1.54, 1.807) is 22.0 Å². The van der Waals surface area contributed by atoms with E-state index in [0.717, 1.165) is 6.42 Å². The Kier molecular flexibility index (Phi) is 4.79. The molecule has 20 heavy (non-hydrogen) atoms. The Morgan fingerprint density at radius 1 is 1.60 bits per heavy atom. The molecule has 2 amide bonds. The number of hydrogen-bond acceptors (Lipinski definition) is 3. The van der Waals surface area contributed by atoms with Gasteiger partial charge in [0, 0.05) is 32.3 Å². The van der Waals surface area contributed by atoms with Gasteiger partial charge in [0.1, 0.15) is 0 Å². The van der Waals surface area contributed by atoms with Gasteiger partial charge >= 0.3 is 0 Å². The van der Waals surface area contributed by atoms with E-state index < -0.39 is 0 Å². The lowest BCUT2D eigenvalue weighted by Gasteiger charge is -2.16. The van der Waals surface area contributed by atoms with Gasteiger partial charge in [-0.3, -0.25) is 14.3 Å². The predicted octanol–water partition coefficient (Wildman–Crippen LogP) is 1.00. The first kappa shape index (κ1) is 14.6. The Morgan fingerprint density at radius 3 is 3.05 bits per heavy atom. The van der Waals surface area contributed by atoms with Gasteiger partial charge in [0.25, 0.3) is 0 Å². The van der Waals surface area contributed by atoms with Crippen LogP contribution in [0.1, 0.15) is 18.9 Å². The van der Waals surface area contributed by atoms with E-state index >= 15 is 0 Å². The van der Waals surface area contributed by atoms with Crippen molar-refractivity contribution in [2.45, 2.75) is 18.9 Å². The van der Waals surface area contributed by atoms with E-state index in [0.29, 0.717) is 31.1 Å². The van der Waals surface area contributed by atoms with Gasteiger partial charge in [-0.2, -0.15) is 5.10 Å². The summed E-state index contributed by atoms with van der Waals surface area (Å²) in [5.41, 5.74) is 0. The zero-order valence-corrected chi connectivity index (χ0v) is 11.8. The van der Waals surface area contributed by atoms with E-state index in [9.17, 15) is 9.59 Å². The standard InChI is InChI=1S/C13H17ClN4O2/c1-2-12(19)15-5-3-13(20)17-6-4-11(9-17)18-8-10(14)7-16-18/h2,7-8,11H,1,3-6,9H2,(H,15,19). The van der Waals surface area contributed by atoms with Gasteiger partial charge in [0.15, 0.2) is 0 Å². The molecule has 1 fully saturated rings. The average molecular weight is 297 g/mol. The topological polar surface area (TPSA) is 67.2 Å². The molecule has 1 aliphatic heterocycles. The molecule has 6 nitrogen and oxygen atoms in total. The molecule has 0 aromatic carbocycles. The molecule has 0 bridgehead atoms. The molecule has 0 aliphatic carbocycles. The first-order valence-corrected chi connectivity index (χ1v) is 6.85. The molecule has 1 saturated heterocycles. The molecule has 1 aliphatic rings. The molecule has 1 unspecified atom stereocenters. The molecule has 0 spiro atoms. The molecule has 1 atom stereocenters. The highest BCUT2D eigenvalue weighted by Crippen LogP contribution is 2.22. The van der Waals surface area contributed by atoms with Crippen molar-refractivity contribution in [3.8, 4) is 0 Å². The van der Waals surface area contributed by atoms with Gasteiger partial charge in [0.05, 0.1) is 17.3 Å². The summed E-state index contributed by atoms with van der Waals surface area (Å²) in [7, 11) is 0. The van der Waals surface area contributed by atoms with Crippen LogP contribution in [0.25, 0.3) is 0 Å². The molecule has 1 N–H and O–H groups in total. The van der Waals surface area contributed by atoms with E-state index in [1.807, 2.05) is 0 Å². The smallest absolute Gasteiger partial charge is 0.243 e. The Bertz CT molecular complexity index is 514. The number of nitrogens with zero attached hydrogens (tertiary/aromatic N) is 3. The fourth-order valence-corrected chi connectivity index (χ4v) is 2.37. The number of halogens is 1. The van der Waals surface area contributed by atoms with E-state index in [1.165, 1.54) is 6.08 Å². The zero-order chi connectivity index (χ0) is 14.5. The minimum absolute atomic E-state index is 0.0371. The quantitative estimate of drug-likeness (QED) is 0.824. The largest absolute Gasteiger partial charge is 0.352 e. The third kappa shape index (κ3) is 3.60. The Morgan fingerprint density at radius 2 is 2.40 bits per heavy atom. The molecule has 108 valence electrons. The molecule has 1 aromatic rings. The molecule has 2 rings (SSSR count). The minimum atomic E-state index is -0.261. The number of rotatable bonds is 5. The summed E-state index contributed by atoms with van der Waals surface area (Å²) in [6.07, 6.45) is 5.72. The van der Waals surface area contributed by atoms with Crippen LogP contribution in [0.4, 0.5) is 0 Å². The number of carbonyl (C=O) groups excluding carboxylic acids is 2. The van der Waals surface area contributed by atoms with Crippen LogP contribution < -0.4 is 5.32 Å². The lowest BCUT2D eigenvalue weighted by molar-refractivity contribution is -0.130. The fourth-order valence-electron chi connectivity index (χ4n) is 2.22. The van der Waals surface area contributed by atoms with Gasteiger partial charge in [-0.15, -0.1) is 0 Å². The maximum atomic E-state index is 12.0. The number of hydrogen-bond donors (Lipinski definition) is 1. The molecule has 0 saturated carbocycles. The maximum absolute atomic E-state index is 12.0. The lowest BCUT2D eigenvalue weighted by Crippen LogP contribution is -2.33. The minimum Gasteiger partial charge on any atom is -0.352 e. The average Bonchev–Trinajstić information content (AvgIpc) is 3.06. The van der Waals surface area contributed by atoms with Crippen molar-refractivity contribution >= 4 is 23.4 Å². The summed E-state index contributed by atoms with van der Waals surface area (Å²) >= 11 is 5.84. The summed E-state index contributed by atoms with van der Waals surface area (Å²) in [6, 6.07) is 0.175. The Hall–Kier alpha value is -1.82. The molecular weight excluding hydrogens is 280 g/mol. The molecular formula is C13H17ClN4O2. The molecule has 7 heteroatoms. The van der Waals surface area contributed by atoms with Crippen LogP contribution in [0, 0.1) is 0 Å². The first-order chi connectivity index (χ1) is 9.60. The number of amides is 2. The van der Waals surface area contributed by atoms with Crippen molar-refractivity contribution < 1.29 is 9.59 Å². The summed E-state index contributed by atoms with van der Waals surface area (Å²) in [6.45, 7) is 5.02. The third-order valence-electron chi connectivity index (χ3n) is 3.28. The summed E-state index contributed by atoms with van der Waals surface area (Å²) in [5.74, 6) is -0.224. The van der Waals surface area contributed by atoms with Crippen LogP contribution in [-0.4, -0.2) is 46.1 Å². The van der Waals surface area contributed by atoms with E-state index in [-0.39, 0.29) is 17.9 Å². The Balaban J connectivity index is 1.78. The van der Waals surface area contributed by atoms with Crippen LogP contribution in [0.3, 0.4) is 0 Å². The van der Waals surface area contributed by atoms with Crippen molar-refractivity contribution in [2.75, 3.05) is 19.6 Å². The summed E-state index contributed by atoms with van der Waals surface area (Å²) in [5, 5.41) is 7.36. The van der Waals surface area contributed by atoms with Gasteiger partial charge in [-0.25, -0.2) is 0 Å². The van der Waals surface area contributed by atoms with E-state index in [2.05, 4.69) is 17.0 Å². The number of carbonyl (C=O) groups is 2. The van der Waals surface area contributed by atoms with Crippen LogP contribution in [0.5, 0.6) is 0 Å². The van der Waals surface area contributed by atoms with Crippen molar-refractivity contribution in [1.29, 1.82) is 0 Å². The van der Waals surface area contributed by atoms with Gasteiger partial charge in [0.2, 0.25) is 11.8 Å². The first-order valence-electron chi connectivity index (χ1n) is 6.48. The van der Waals surface area contributed by atoms with Gasteiger partial charge in [-0.05, 0) is 12.5 Å². The van der Waals surface area contributed by atoms with Gasteiger partial charge < -0.3 is 10.2 Å². The second kappa shape index (κ2) is 6.56. The van der Waals surface area contributed by atoms with Crippen molar-refractivity contribution in [2.24, 2.45) is 0 Å². The van der Waals surface area contributed by atoms with Crippen LogP contribution >= 0.6 is 11.6 Å².